The largest absolute Gasteiger partial charge is 0.380 e. The second-order valence-electron chi connectivity index (χ2n) is 7.96. The van der Waals surface area contributed by atoms with E-state index in [0.29, 0.717) is 11.5 Å². The zero-order valence-electron chi connectivity index (χ0n) is 13.6. The Balaban J connectivity index is 0.000000882. The van der Waals surface area contributed by atoms with E-state index in [1.807, 2.05) is 0 Å². The molecular weight excluding hydrogens is 319 g/mol. The first-order valence-corrected chi connectivity index (χ1v) is 8.86. The third-order valence-corrected chi connectivity index (χ3v) is 5.94. The lowest BCUT2D eigenvalue weighted by molar-refractivity contribution is 0.0692. The van der Waals surface area contributed by atoms with E-state index in [1.165, 1.54) is 71.1 Å². The van der Waals surface area contributed by atoms with Crippen LogP contribution in [-0.2, 0) is 4.74 Å². The maximum atomic E-state index is 6.05. The van der Waals surface area contributed by atoms with Crippen molar-refractivity contribution >= 4 is 24.8 Å². The van der Waals surface area contributed by atoms with Gasteiger partial charge in [0, 0.05) is 25.7 Å². The molecule has 0 amide bonds. The fourth-order valence-corrected chi connectivity index (χ4v) is 4.24. The molecule has 0 bridgehead atoms. The highest BCUT2D eigenvalue weighted by atomic mass is 35.5. The van der Waals surface area contributed by atoms with Gasteiger partial charge in [-0.3, -0.25) is 4.90 Å². The summed E-state index contributed by atoms with van der Waals surface area (Å²) in [5, 5.41) is 3.54. The van der Waals surface area contributed by atoms with Gasteiger partial charge in [-0.2, -0.15) is 0 Å². The molecule has 1 unspecified atom stereocenters. The van der Waals surface area contributed by atoms with Gasteiger partial charge in [-0.25, -0.2) is 0 Å². The summed E-state index contributed by atoms with van der Waals surface area (Å²) in [5.41, 5.74) is 0.619. The molecule has 0 aromatic carbocycles. The van der Waals surface area contributed by atoms with Crippen LogP contribution in [0.25, 0.3) is 0 Å². The van der Waals surface area contributed by atoms with E-state index < -0.39 is 0 Å². The van der Waals surface area contributed by atoms with Crippen LogP contribution >= 0.6 is 24.8 Å². The number of piperidine rings is 1. The van der Waals surface area contributed by atoms with Crippen LogP contribution in [0.5, 0.6) is 0 Å². The van der Waals surface area contributed by atoms with Gasteiger partial charge in [0.25, 0.3) is 0 Å². The predicted octanol–water partition coefficient (Wildman–Crippen LogP) is 3.11. The third-order valence-electron chi connectivity index (χ3n) is 5.94. The van der Waals surface area contributed by atoms with Gasteiger partial charge < -0.3 is 10.1 Å². The normalized spacial score (nSPS) is 30.8. The molecule has 2 aliphatic carbocycles. The van der Waals surface area contributed by atoms with Crippen molar-refractivity contribution in [1.82, 2.24) is 10.2 Å². The van der Waals surface area contributed by atoms with Crippen LogP contribution < -0.4 is 5.32 Å². The van der Waals surface area contributed by atoms with Crippen molar-refractivity contribution in [2.24, 2.45) is 17.3 Å². The maximum absolute atomic E-state index is 6.05. The average Bonchev–Trinajstić information content (AvgIpc) is 3.33. The molecule has 2 saturated heterocycles. The average molecular weight is 351 g/mol. The number of likely N-dealkylation sites (tertiary alicyclic amines) is 1. The molecule has 22 heavy (non-hydrogen) atoms. The number of nitrogens with one attached hydrogen (secondary N) is 1. The minimum Gasteiger partial charge on any atom is -0.380 e. The fourth-order valence-electron chi connectivity index (χ4n) is 4.24. The van der Waals surface area contributed by atoms with Crippen molar-refractivity contribution < 1.29 is 4.74 Å². The zero-order valence-corrected chi connectivity index (χ0v) is 15.2. The molecule has 5 heteroatoms. The summed E-state index contributed by atoms with van der Waals surface area (Å²) in [6.07, 6.45) is 9.92. The minimum absolute atomic E-state index is 0. The first kappa shape index (κ1) is 18.8. The van der Waals surface area contributed by atoms with Crippen molar-refractivity contribution in [2.45, 2.75) is 51.0 Å². The number of hydrogen-bond acceptors (Lipinski definition) is 3. The fraction of sp³-hybridized carbons (Fsp3) is 1.00. The van der Waals surface area contributed by atoms with Crippen LogP contribution in [0.15, 0.2) is 0 Å². The van der Waals surface area contributed by atoms with Crippen molar-refractivity contribution in [3.8, 4) is 0 Å². The Morgan fingerprint density at radius 3 is 2.27 bits per heavy atom. The Hall–Kier alpha value is 0.460. The maximum Gasteiger partial charge on any atom is 0.0622 e. The van der Waals surface area contributed by atoms with Crippen LogP contribution in [-0.4, -0.2) is 50.3 Å². The summed E-state index contributed by atoms with van der Waals surface area (Å²) in [5.74, 6) is 1.92. The van der Waals surface area contributed by atoms with Gasteiger partial charge in [-0.05, 0) is 75.3 Å². The summed E-state index contributed by atoms with van der Waals surface area (Å²) in [6, 6.07) is 0.715. The Kier molecular flexibility index (Phi) is 6.85. The Morgan fingerprint density at radius 1 is 0.955 bits per heavy atom. The monoisotopic (exact) mass is 350 g/mol. The smallest absolute Gasteiger partial charge is 0.0622 e. The Morgan fingerprint density at radius 2 is 1.64 bits per heavy atom. The highest BCUT2D eigenvalue weighted by molar-refractivity contribution is 5.85. The molecule has 0 aromatic rings. The number of ether oxygens (including phenoxy) is 1. The van der Waals surface area contributed by atoms with E-state index in [0.717, 1.165) is 25.0 Å². The molecule has 2 aliphatic heterocycles. The topological polar surface area (TPSA) is 24.5 Å². The second-order valence-corrected chi connectivity index (χ2v) is 7.96. The number of halogens is 2. The van der Waals surface area contributed by atoms with Gasteiger partial charge >= 0.3 is 0 Å². The van der Waals surface area contributed by atoms with Crippen molar-refractivity contribution in [1.29, 1.82) is 0 Å². The van der Waals surface area contributed by atoms with E-state index in [1.54, 1.807) is 0 Å². The number of hydrogen-bond donors (Lipinski definition) is 1. The molecule has 4 fully saturated rings. The first-order valence-electron chi connectivity index (χ1n) is 8.86. The summed E-state index contributed by atoms with van der Waals surface area (Å²) < 4.78 is 6.05. The van der Waals surface area contributed by atoms with Crippen LogP contribution in [0.2, 0.25) is 0 Å². The van der Waals surface area contributed by atoms with Gasteiger partial charge in [0.15, 0.2) is 0 Å². The van der Waals surface area contributed by atoms with E-state index in [-0.39, 0.29) is 24.8 Å². The van der Waals surface area contributed by atoms with E-state index in [4.69, 9.17) is 4.74 Å². The molecule has 130 valence electrons. The van der Waals surface area contributed by atoms with Gasteiger partial charge in [0.2, 0.25) is 0 Å². The van der Waals surface area contributed by atoms with Gasteiger partial charge in [0.1, 0.15) is 0 Å². The lowest BCUT2D eigenvalue weighted by Gasteiger charge is -2.33. The molecule has 1 atom stereocenters. The summed E-state index contributed by atoms with van der Waals surface area (Å²) in [4.78, 5) is 2.80. The highest BCUT2D eigenvalue weighted by Gasteiger charge is 2.45. The summed E-state index contributed by atoms with van der Waals surface area (Å²) >= 11 is 0. The molecule has 0 radical (unpaired) electrons. The molecule has 4 aliphatic rings. The molecular formula is C17H32Cl2N2O. The highest BCUT2D eigenvalue weighted by Crippen LogP contribution is 2.44. The molecule has 3 nitrogen and oxygen atoms in total. The minimum atomic E-state index is 0. The van der Waals surface area contributed by atoms with E-state index in [9.17, 15) is 0 Å². The summed E-state index contributed by atoms with van der Waals surface area (Å²) in [6.45, 7) is 7.19. The SMILES string of the molecule is C1CC2(CCN1)CC(COCC1CC1)N(CC1CC1)C2.Cl.Cl. The summed E-state index contributed by atoms with van der Waals surface area (Å²) in [7, 11) is 0. The lowest BCUT2D eigenvalue weighted by atomic mass is 9.77. The molecule has 1 N–H and O–H groups in total. The lowest BCUT2D eigenvalue weighted by Crippen LogP contribution is -2.39. The number of nitrogens with zero attached hydrogens (tertiary/aromatic N) is 1. The van der Waals surface area contributed by atoms with Crippen LogP contribution in [0.4, 0.5) is 0 Å². The first-order chi connectivity index (χ1) is 9.83. The van der Waals surface area contributed by atoms with Gasteiger partial charge in [-0.1, -0.05) is 0 Å². The van der Waals surface area contributed by atoms with Gasteiger partial charge in [-0.15, -0.1) is 24.8 Å². The quantitative estimate of drug-likeness (QED) is 0.796. The Labute approximate surface area is 147 Å². The zero-order chi connectivity index (χ0) is 13.4. The third kappa shape index (κ3) is 4.73. The molecule has 1 spiro atoms. The van der Waals surface area contributed by atoms with E-state index in [2.05, 4.69) is 10.2 Å². The van der Waals surface area contributed by atoms with Crippen molar-refractivity contribution in [2.75, 3.05) is 39.4 Å². The molecule has 2 heterocycles. The van der Waals surface area contributed by atoms with Gasteiger partial charge in [0.05, 0.1) is 6.61 Å². The van der Waals surface area contributed by atoms with Crippen LogP contribution in [0.1, 0.15) is 44.9 Å². The standard InChI is InChI=1S/C17H30N2O.2ClH/c1-2-14(1)10-19-13-17(5-7-18-8-6-17)9-16(19)12-20-11-15-3-4-15;;/h14-16,18H,1-13H2;2*1H. The molecule has 2 saturated carbocycles. The van der Waals surface area contributed by atoms with Crippen LogP contribution in [0.3, 0.4) is 0 Å². The number of rotatable bonds is 6. The Bertz CT molecular complexity index is 342. The van der Waals surface area contributed by atoms with Crippen LogP contribution in [0, 0.1) is 17.3 Å². The van der Waals surface area contributed by atoms with E-state index >= 15 is 0 Å². The molecule has 4 rings (SSSR count). The van der Waals surface area contributed by atoms with Crippen molar-refractivity contribution in [3.05, 3.63) is 0 Å². The molecule has 0 aromatic heterocycles. The van der Waals surface area contributed by atoms with Crippen molar-refractivity contribution in [3.63, 3.8) is 0 Å². The predicted molar refractivity (Wildman–Crippen MR) is 95.3 cm³/mol. The second kappa shape index (κ2) is 8.02.